The van der Waals surface area contributed by atoms with Crippen LogP contribution in [0.4, 0.5) is 0 Å². The lowest BCUT2D eigenvalue weighted by atomic mass is 10.0. The maximum absolute atomic E-state index is 5.50. The minimum Gasteiger partial charge on any atom is -0.344 e. The molecular weight excluding hydrogens is 308 g/mol. The molecule has 0 saturated heterocycles. The normalized spacial score (nSPS) is 14.0. The summed E-state index contributed by atoms with van der Waals surface area (Å²) >= 11 is 0. The first-order chi connectivity index (χ1) is 12.2. The second-order valence-corrected chi connectivity index (χ2v) is 6.66. The molecular formula is C21H26N4. The van der Waals surface area contributed by atoms with Crippen molar-refractivity contribution in [2.45, 2.75) is 32.9 Å². The highest BCUT2D eigenvalue weighted by Crippen LogP contribution is 2.31. The van der Waals surface area contributed by atoms with Crippen LogP contribution in [0.3, 0.4) is 0 Å². The number of fused-ring (bicyclic) bond motifs is 3. The molecule has 0 bridgehead atoms. The number of aryl methyl sites for hydroxylation is 3. The van der Waals surface area contributed by atoms with Crippen LogP contribution in [0.2, 0.25) is 0 Å². The highest BCUT2D eigenvalue weighted by Gasteiger charge is 2.22. The zero-order valence-corrected chi connectivity index (χ0v) is 15.1. The molecule has 4 heteroatoms. The number of nitrogens with one attached hydrogen (secondary N) is 1. The van der Waals surface area contributed by atoms with Gasteiger partial charge in [0.05, 0.1) is 0 Å². The van der Waals surface area contributed by atoms with E-state index in [2.05, 4.69) is 65.5 Å². The van der Waals surface area contributed by atoms with E-state index in [4.69, 9.17) is 5.41 Å². The molecule has 0 atom stereocenters. The number of nitrogens with zero attached hydrogens (tertiary/aromatic N) is 3. The highest BCUT2D eigenvalue weighted by atomic mass is 15.1. The first-order valence-corrected chi connectivity index (χ1v) is 8.77. The fourth-order valence-corrected chi connectivity index (χ4v) is 3.73. The summed E-state index contributed by atoms with van der Waals surface area (Å²) in [5, 5.41) is 6.94. The maximum atomic E-state index is 5.50. The predicted molar refractivity (Wildman–Crippen MR) is 104 cm³/mol. The summed E-state index contributed by atoms with van der Waals surface area (Å²) in [6.07, 6.45) is 4.01. The number of benzene rings is 1. The molecule has 0 radical (unpaired) electrons. The summed E-state index contributed by atoms with van der Waals surface area (Å²) in [5.41, 5.74) is 6.95. The van der Waals surface area contributed by atoms with Gasteiger partial charge in [0.25, 0.3) is 0 Å². The fourth-order valence-electron chi connectivity index (χ4n) is 3.73. The van der Waals surface area contributed by atoms with Gasteiger partial charge in [-0.3, -0.25) is 4.98 Å². The van der Waals surface area contributed by atoms with E-state index in [1.54, 1.807) is 0 Å². The number of likely N-dealkylation sites (N-methyl/N-ethyl adjacent to an activating group) is 1. The third-order valence-corrected chi connectivity index (χ3v) is 4.92. The van der Waals surface area contributed by atoms with E-state index in [0.29, 0.717) is 0 Å². The van der Waals surface area contributed by atoms with E-state index in [9.17, 15) is 0 Å². The largest absolute Gasteiger partial charge is 0.344 e. The van der Waals surface area contributed by atoms with Crippen molar-refractivity contribution in [3.05, 3.63) is 65.1 Å². The van der Waals surface area contributed by atoms with Crippen molar-refractivity contribution in [2.75, 3.05) is 13.6 Å². The Kier molecular flexibility index (Phi) is 5.29. The Balaban J connectivity index is 0.000000880. The van der Waals surface area contributed by atoms with Gasteiger partial charge in [-0.2, -0.15) is 0 Å². The summed E-state index contributed by atoms with van der Waals surface area (Å²) in [4.78, 5) is 6.90. The van der Waals surface area contributed by atoms with Crippen molar-refractivity contribution in [2.24, 2.45) is 0 Å². The first-order valence-electron chi connectivity index (χ1n) is 8.77. The standard InChI is InChI=1S/C20H23N3.CH3N/c1-15-6-7-19-17(13-15)18-14-22(2)11-9-20(18)23(19)12-8-16-5-3-4-10-21-16;1-2/h3-7,10,13H,8-9,11-12,14H2,1-2H3;2H,1H2. The van der Waals surface area contributed by atoms with E-state index in [-0.39, 0.29) is 0 Å². The molecule has 3 aromatic rings. The molecule has 1 N–H and O–H groups in total. The zero-order valence-electron chi connectivity index (χ0n) is 15.1. The molecule has 3 heterocycles. The average molecular weight is 334 g/mol. The van der Waals surface area contributed by atoms with Crippen molar-refractivity contribution in [1.82, 2.24) is 14.5 Å². The summed E-state index contributed by atoms with van der Waals surface area (Å²) in [6, 6.07) is 13.1. The Morgan fingerprint density at radius 1 is 1.20 bits per heavy atom. The minimum absolute atomic E-state index is 0.987. The summed E-state index contributed by atoms with van der Waals surface area (Å²) in [6.45, 7) is 7.90. The molecule has 1 aromatic carbocycles. The Bertz CT molecular complexity index is 851. The third kappa shape index (κ3) is 3.49. The number of hydrogen-bond donors (Lipinski definition) is 1. The lowest BCUT2D eigenvalue weighted by Gasteiger charge is -2.24. The van der Waals surface area contributed by atoms with Gasteiger partial charge in [0, 0.05) is 61.0 Å². The molecule has 0 aliphatic carbocycles. The van der Waals surface area contributed by atoms with Crippen molar-refractivity contribution < 1.29 is 0 Å². The number of pyridine rings is 1. The summed E-state index contributed by atoms with van der Waals surface area (Å²) in [7, 11) is 2.22. The van der Waals surface area contributed by atoms with Gasteiger partial charge in [-0.05, 0) is 50.5 Å². The Labute approximate surface area is 149 Å². The van der Waals surface area contributed by atoms with Gasteiger partial charge in [0.2, 0.25) is 0 Å². The molecule has 0 unspecified atom stereocenters. The van der Waals surface area contributed by atoms with Crippen LogP contribution in [0.5, 0.6) is 0 Å². The zero-order chi connectivity index (χ0) is 17.8. The molecule has 4 nitrogen and oxygen atoms in total. The summed E-state index contributed by atoms with van der Waals surface area (Å²) in [5.74, 6) is 0. The van der Waals surface area contributed by atoms with E-state index in [1.807, 2.05) is 12.3 Å². The maximum Gasteiger partial charge on any atom is 0.0486 e. The van der Waals surface area contributed by atoms with Crippen LogP contribution in [0.15, 0.2) is 42.6 Å². The van der Waals surface area contributed by atoms with E-state index >= 15 is 0 Å². The lowest BCUT2D eigenvalue weighted by molar-refractivity contribution is 0.309. The molecule has 4 rings (SSSR count). The highest BCUT2D eigenvalue weighted by molar-refractivity contribution is 5.86. The summed E-state index contributed by atoms with van der Waals surface area (Å²) < 4.78 is 2.53. The molecule has 0 fully saturated rings. The number of rotatable bonds is 3. The van der Waals surface area contributed by atoms with Crippen molar-refractivity contribution >= 4 is 17.6 Å². The molecule has 0 amide bonds. The molecule has 25 heavy (non-hydrogen) atoms. The molecule has 0 spiro atoms. The lowest BCUT2D eigenvalue weighted by Crippen LogP contribution is -2.27. The Morgan fingerprint density at radius 3 is 2.80 bits per heavy atom. The topological polar surface area (TPSA) is 44.9 Å². The van der Waals surface area contributed by atoms with Crippen LogP contribution in [-0.2, 0) is 25.9 Å². The van der Waals surface area contributed by atoms with Crippen LogP contribution in [0.25, 0.3) is 10.9 Å². The fraction of sp³-hybridized carbons (Fsp3) is 0.333. The third-order valence-electron chi connectivity index (χ3n) is 4.92. The van der Waals surface area contributed by atoms with Gasteiger partial charge in [-0.1, -0.05) is 17.7 Å². The molecule has 1 aliphatic rings. The first kappa shape index (κ1) is 17.4. The number of aromatic nitrogens is 2. The number of hydrogen-bond acceptors (Lipinski definition) is 3. The molecule has 2 aromatic heterocycles. The van der Waals surface area contributed by atoms with Gasteiger partial charge >= 0.3 is 0 Å². The monoisotopic (exact) mass is 334 g/mol. The van der Waals surface area contributed by atoms with E-state index in [1.165, 1.54) is 33.4 Å². The van der Waals surface area contributed by atoms with Gasteiger partial charge in [0.1, 0.15) is 0 Å². The smallest absolute Gasteiger partial charge is 0.0486 e. The molecule has 1 aliphatic heterocycles. The average Bonchev–Trinajstić information content (AvgIpc) is 2.95. The Hall–Kier alpha value is -2.46. The second-order valence-electron chi connectivity index (χ2n) is 6.66. The van der Waals surface area contributed by atoms with E-state index in [0.717, 1.165) is 32.5 Å². The Morgan fingerprint density at radius 2 is 2.04 bits per heavy atom. The van der Waals surface area contributed by atoms with Crippen LogP contribution in [-0.4, -0.2) is 34.8 Å². The van der Waals surface area contributed by atoms with Crippen molar-refractivity contribution in [3.8, 4) is 0 Å². The van der Waals surface area contributed by atoms with Crippen LogP contribution >= 0.6 is 0 Å². The van der Waals surface area contributed by atoms with Crippen LogP contribution in [0.1, 0.15) is 22.5 Å². The van der Waals surface area contributed by atoms with Crippen LogP contribution in [0, 0.1) is 12.3 Å². The van der Waals surface area contributed by atoms with Gasteiger partial charge in [-0.15, -0.1) is 0 Å². The second kappa shape index (κ2) is 7.62. The van der Waals surface area contributed by atoms with Gasteiger partial charge in [-0.25, -0.2) is 0 Å². The van der Waals surface area contributed by atoms with Crippen LogP contribution < -0.4 is 0 Å². The quantitative estimate of drug-likeness (QED) is 0.740. The SMILES string of the molecule is C=N.Cc1ccc2c(c1)c1c(n2CCc2ccccn2)CCN(C)C1. The molecule has 0 saturated carbocycles. The van der Waals surface area contributed by atoms with Gasteiger partial charge < -0.3 is 14.9 Å². The van der Waals surface area contributed by atoms with Crippen molar-refractivity contribution in [1.29, 1.82) is 5.41 Å². The van der Waals surface area contributed by atoms with Gasteiger partial charge in [0.15, 0.2) is 0 Å². The van der Waals surface area contributed by atoms with E-state index < -0.39 is 0 Å². The van der Waals surface area contributed by atoms with Crippen molar-refractivity contribution in [3.63, 3.8) is 0 Å². The predicted octanol–water partition coefficient (Wildman–Crippen LogP) is 3.84. The minimum atomic E-state index is 0.987. The molecule has 130 valence electrons.